The second-order valence-electron chi connectivity index (χ2n) is 5.32. The van der Waals surface area contributed by atoms with E-state index >= 15 is 0 Å². The quantitative estimate of drug-likeness (QED) is 0.832. The molecule has 0 saturated heterocycles. The molecule has 1 aromatic rings. The summed E-state index contributed by atoms with van der Waals surface area (Å²) in [5.74, 6) is -0.406. The fourth-order valence-electron chi connectivity index (χ4n) is 1.76. The number of rotatable bonds is 7. The van der Waals surface area contributed by atoms with Gasteiger partial charge in [-0.1, -0.05) is 13.8 Å². The fourth-order valence-corrected chi connectivity index (χ4v) is 2.97. The largest absolute Gasteiger partial charge is 0.494 e. The van der Waals surface area contributed by atoms with E-state index in [0.29, 0.717) is 13.0 Å². The van der Waals surface area contributed by atoms with Crippen molar-refractivity contribution in [1.29, 1.82) is 0 Å². The van der Waals surface area contributed by atoms with Crippen LogP contribution in [0.25, 0.3) is 0 Å². The second kappa shape index (κ2) is 7.20. The maximum absolute atomic E-state index is 13.4. The average molecular weight is 318 g/mol. The average Bonchev–Trinajstić information content (AvgIpc) is 2.44. The summed E-state index contributed by atoms with van der Waals surface area (Å²) in [5, 5.41) is 0. The minimum atomic E-state index is -3.68. The molecule has 0 saturated carbocycles. The minimum absolute atomic E-state index is 0.00127. The van der Waals surface area contributed by atoms with Crippen LogP contribution in [0.1, 0.15) is 20.3 Å². The maximum atomic E-state index is 13.4. The standard InChI is InChI=1S/C14H23FN2O3S/c1-10(2)13(16)7-8-17(3)21(18,19)11-5-6-12(15)14(9-11)20-4/h5-6,9-10,13H,7-8,16H2,1-4H3. The Hall–Kier alpha value is -1.18. The Bertz CT molecular complexity index is 576. The topological polar surface area (TPSA) is 72.6 Å². The lowest BCUT2D eigenvalue weighted by atomic mass is 10.0. The minimum Gasteiger partial charge on any atom is -0.494 e. The third-order valence-corrected chi connectivity index (χ3v) is 5.32. The van der Waals surface area contributed by atoms with Gasteiger partial charge in [0.15, 0.2) is 11.6 Å². The zero-order valence-corrected chi connectivity index (χ0v) is 13.7. The van der Waals surface area contributed by atoms with Gasteiger partial charge < -0.3 is 10.5 Å². The van der Waals surface area contributed by atoms with E-state index in [1.165, 1.54) is 30.6 Å². The Morgan fingerprint density at radius 3 is 2.52 bits per heavy atom. The molecule has 1 atom stereocenters. The number of methoxy groups -OCH3 is 1. The van der Waals surface area contributed by atoms with Crippen LogP contribution in [-0.2, 0) is 10.0 Å². The number of sulfonamides is 1. The monoisotopic (exact) mass is 318 g/mol. The molecule has 5 nitrogen and oxygen atoms in total. The van der Waals surface area contributed by atoms with E-state index in [1.54, 1.807) is 0 Å². The molecule has 0 fully saturated rings. The van der Waals surface area contributed by atoms with Crippen molar-refractivity contribution in [3.63, 3.8) is 0 Å². The van der Waals surface area contributed by atoms with E-state index in [1.807, 2.05) is 13.8 Å². The van der Waals surface area contributed by atoms with Gasteiger partial charge in [0, 0.05) is 25.7 Å². The Labute approximate surface area is 125 Å². The van der Waals surface area contributed by atoms with E-state index in [4.69, 9.17) is 10.5 Å². The first-order valence-corrected chi connectivity index (χ1v) is 8.19. The molecule has 7 heteroatoms. The van der Waals surface area contributed by atoms with Gasteiger partial charge in [0.1, 0.15) is 0 Å². The number of halogens is 1. The molecule has 21 heavy (non-hydrogen) atoms. The third-order valence-electron chi connectivity index (χ3n) is 3.46. The van der Waals surface area contributed by atoms with E-state index in [0.717, 1.165) is 6.07 Å². The zero-order chi connectivity index (χ0) is 16.2. The van der Waals surface area contributed by atoms with Crippen LogP contribution in [0.4, 0.5) is 4.39 Å². The summed E-state index contributed by atoms with van der Waals surface area (Å²) in [6.45, 7) is 4.29. The summed E-state index contributed by atoms with van der Waals surface area (Å²) in [5.41, 5.74) is 5.92. The Morgan fingerprint density at radius 1 is 1.38 bits per heavy atom. The molecule has 0 bridgehead atoms. The summed E-state index contributed by atoms with van der Waals surface area (Å²) >= 11 is 0. The third kappa shape index (κ3) is 4.39. The lowest BCUT2D eigenvalue weighted by Crippen LogP contribution is -2.34. The highest BCUT2D eigenvalue weighted by Gasteiger charge is 2.23. The van der Waals surface area contributed by atoms with Crippen molar-refractivity contribution in [3.05, 3.63) is 24.0 Å². The van der Waals surface area contributed by atoms with Crippen LogP contribution in [-0.4, -0.2) is 39.5 Å². The highest BCUT2D eigenvalue weighted by atomic mass is 32.2. The van der Waals surface area contributed by atoms with Crippen molar-refractivity contribution < 1.29 is 17.5 Å². The van der Waals surface area contributed by atoms with Crippen LogP contribution < -0.4 is 10.5 Å². The number of hydrogen-bond donors (Lipinski definition) is 1. The normalized spacial score (nSPS) is 13.7. The van der Waals surface area contributed by atoms with Crippen molar-refractivity contribution in [2.24, 2.45) is 11.7 Å². The summed E-state index contributed by atoms with van der Waals surface area (Å²) in [7, 11) is -0.902. The molecule has 0 aliphatic heterocycles. The van der Waals surface area contributed by atoms with Crippen molar-refractivity contribution in [1.82, 2.24) is 4.31 Å². The zero-order valence-electron chi connectivity index (χ0n) is 12.8. The van der Waals surface area contributed by atoms with Gasteiger partial charge in [-0.15, -0.1) is 0 Å². The molecule has 0 heterocycles. The summed E-state index contributed by atoms with van der Waals surface area (Å²) in [6, 6.07) is 3.43. The van der Waals surface area contributed by atoms with Gasteiger partial charge in [-0.25, -0.2) is 17.1 Å². The molecule has 0 radical (unpaired) electrons. The molecule has 2 N–H and O–H groups in total. The predicted molar refractivity (Wildman–Crippen MR) is 80.2 cm³/mol. The van der Waals surface area contributed by atoms with Crippen molar-refractivity contribution in [2.45, 2.75) is 31.2 Å². The first-order chi connectivity index (χ1) is 9.70. The highest BCUT2D eigenvalue weighted by Crippen LogP contribution is 2.23. The first kappa shape index (κ1) is 17.9. The smallest absolute Gasteiger partial charge is 0.242 e. The van der Waals surface area contributed by atoms with E-state index in [-0.39, 0.29) is 22.6 Å². The van der Waals surface area contributed by atoms with Gasteiger partial charge in [0.25, 0.3) is 0 Å². The predicted octanol–water partition coefficient (Wildman–Crippen LogP) is 1.83. The van der Waals surface area contributed by atoms with Gasteiger partial charge >= 0.3 is 0 Å². The molecular weight excluding hydrogens is 295 g/mol. The van der Waals surface area contributed by atoms with Crippen LogP contribution in [0.5, 0.6) is 5.75 Å². The van der Waals surface area contributed by atoms with Crippen molar-refractivity contribution >= 4 is 10.0 Å². The van der Waals surface area contributed by atoms with Gasteiger partial charge in [0.05, 0.1) is 12.0 Å². The Morgan fingerprint density at radius 2 is 2.00 bits per heavy atom. The van der Waals surface area contributed by atoms with Gasteiger partial charge in [-0.2, -0.15) is 0 Å². The fraction of sp³-hybridized carbons (Fsp3) is 0.571. The molecule has 1 rings (SSSR count). The molecule has 0 aliphatic carbocycles. The second-order valence-corrected chi connectivity index (χ2v) is 7.36. The number of ether oxygens (including phenoxy) is 1. The summed E-state index contributed by atoms with van der Waals surface area (Å²) in [4.78, 5) is 0.00127. The lowest BCUT2D eigenvalue weighted by Gasteiger charge is -2.21. The SMILES string of the molecule is COc1cc(S(=O)(=O)N(C)CCC(N)C(C)C)ccc1F. The van der Waals surface area contributed by atoms with Gasteiger partial charge in [-0.3, -0.25) is 0 Å². The van der Waals surface area contributed by atoms with Crippen LogP contribution >= 0.6 is 0 Å². The number of nitrogens with two attached hydrogens (primary N) is 1. The van der Waals surface area contributed by atoms with Gasteiger partial charge in [0.2, 0.25) is 10.0 Å². The van der Waals surface area contributed by atoms with Gasteiger partial charge in [-0.05, 0) is 24.5 Å². The maximum Gasteiger partial charge on any atom is 0.242 e. The van der Waals surface area contributed by atoms with E-state index in [9.17, 15) is 12.8 Å². The number of hydrogen-bond acceptors (Lipinski definition) is 4. The van der Waals surface area contributed by atoms with Crippen molar-refractivity contribution in [3.8, 4) is 5.75 Å². The van der Waals surface area contributed by atoms with E-state index in [2.05, 4.69) is 0 Å². The molecule has 0 aliphatic rings. The summed E-state index contributed by atoms with van der Waals surface area (Å²) < 4.78 is 44.2. The van der Waals surface area contributed by atoms with Crippen LogP contribution in [0, 0.1) is 11.7 Å². The highest BCUT2D eigenvalue weighted by molar-refractivity contribution is 7.89. The van der Waals surface area contributed by atoms with Crippen LogP contribution in [0.3, 0.4) is 0 Å². The molecule has 0 aromatic heterocycles. The molecule has 120 valence electrons. The summed E-state index contributed by atoms with van der Waals surface area (Å²) in [6.07, 6.45) is 0.561. The lowest BCUT2D eigenvalue weighted by molar-refractivity contribution is 0.383. The molecule has 0 spiro atoms. The van der Waals surface area contributed by atoms with Crippen LogP contribution in [0.2, 0.25) is 0 Å². The first-order valence-electron chi connectivity index (χ1n) is 6.75. The number of nitrogens with zero attached hydrogens (tertiary/aromatic N) is 1. The van der Waals surface area contributed by atoms with E-state index < -0.39 is 15.8 Å². The Kier molecular flexibility index (Phi) is 6.12. The molecule has 1 aromatic carbocycles. The number of benzene rings is 1. The molecular formula is C14H23FN2O3S. The van der Waals surface area contributed by atoms with Crippen LogP contribution in [0.15, 0.2) is 23.1 Å². The molecule has 1 unspecified atom stereocenters. The van der Waals surface area contributed by atoms with Crippen molar-refractivity contribution in [2.75, 3.05) is 20.7 Å². The Balaban J connectivity index is 2.89. The molecule has 0 amide bonds.